The molecule has 2 heterocycles. The topological polar surface area (TPSA) is 124 Å². The van der Waals surface area contributed by atoms with Gasteiger partial charge in [0.25, 0.3) is 0 Å². The van der Waals surface area contributed by atoms with Crippen molar-refractivity contribution < 1.29 is 22.7 Å². The van der Waals surface area contributed by atoms with E-state index in [1.807, 2.05) is 25.2 Å². The molecule has 12 heteroatoms. The summed E-state index contributed by atoms with van der Waals surface area (Å²) >= 11 is 1.28. The number of hydrogen-bond donors (Lipinski definition) is 2. The zero-order chi connectivity index (χ0) is 22.7. The van der Waals surface area contributed by atoms with Crippen LogP contribution in [0.2, 0.25) is 0 Å². The van der Waals surface area contributed by atoms with E-state index in [1.165, 1.54) is 11.8 Å². The summed E-state index contributed by atoms with van der Waals surface area (Å²) in [7, 11) is -1.53. The molecule has 2 aromatic carbocycles. The molecule has 1 aromatic heterocycles. The smallest absolute Gasteiger partial charge is 0.231 e. The minimum atomic E-state index is -3.34. The minimum Gasteiger partial charge on any atom is -0.454 e. The van der Waals surface area contributed by atoms with Crippen LogP contribution in [0.15, 0.2) is 47.6 Å². The lowest BCUT2D eigenvalue weighted by Crippen LogP contribution is -2.24. The summed E-state index contributed by atoms with van der Waals surface area (Å²) in [6.45, 7) is 0.594. The average Bonchev–Trinajstić information content (AvgIpc) is 3.36. The number of fused-ring (bicyclic) bond motifs is 1. The second-order valence-electron chi connectivity index (χ2n) is 7.07. The van der Waals surface area contributed by atoms with Crippen molar-refractivity contribution >= 4 is 33.4 Å². The van der Waals surface area contributed by atoms with E-state index >= 15 is 0 Å². The Kier molecular flexibility index (Phi) is 6.24. The summed E-state index contributed by atoms with van der Waals surface area (Å²) in [6, 6.07) is 12.4. The Hall–Kier alpha value is -3.25. The van der Waals surface area contributed by atoms with Crippen LogP contribution in [0.5, 0.6) is 11.5 Å². The van der Waals surface area contributed by atoms with Gasteiger partial charge >= 0.3 is 0 Å². The quantitative estimate of drug-likeness (QED) is 0.474. The number of benzene rings is 2. The molecule has 0 saturated carbocycles. The van der Waals surface area contributed by atoms with Crippen molar-refractivity contribution in [1.29, 1.82) is 0 Å². The van der Waals surface area contributed by atoms with Crippen LogP contribution < -0.4 is 19.5 Å². The van der Waals surface area contributed by atoms with Crippen LogP contribution in [0, 0.1) is 0 Å². The fraction of sp³-hybridized carbons (Fsp3) is 0.250. The number of hydrogen-bond acceptors (Lipinski definition) is 8. The molecule has 3 aromatic rings. The molecule has 0 atom stereocenters. The second kappa shape index (κ2) is 9.09. The molecule has 32 heavy (non-hydrogen) atoms. The summed E-state index contributed by atoms with van der Waals surface area (Å²) in [5, 5.41) is 11.8. The highest BCUT2D eigenvalue weighted by molar-refractivity contribution is 7.99. The standard InChI is InChI=1S/C20H21N5O5S2/c1-25-19(14-4-6-15(7-5-14)24-32(2,27)28)22-23-20(25)31-11-18(26)21-10-13-3-8-16-17(9-13)30-12-29-16/h3-9,24H,10-12H2,1-2H3,(H,21,26). The van der Waals surface area contributed by atoms with Crippen molar-refractivity contribution in [2.45, 2.75) is 11.7 Å². The number of nitrogens with zero attached hydrogens (tertiary/aromatic N) is 3. The maximum Gasteiger partial charge on any atom is 0.231 e. The summed E-state index contributed by atoms with van der Waals surface area (Å²) < 4.78 is 37.5. The van der Waals surface area contributed by atoms with Gasteiger partial charge in [-0.2, -0.15) is 0 Å². The lowest BCUT2D eigenvalue weighted by molar-refractivity contribution is -0.118. The number of ether oxygens (including phenoxy) is 2. The van der Waals surface area contributed by atoms with Crippen LogP contribution in [0.3, 0.4) is 0 Å². The first kappa shape index (κ1) is 22.0. The van der Waals surface area contributed by atoms with E-state index in [1.54, 1.807) is 28.8 Å². The number of anilines is 1. The molecule has 1 amide bonds. The predicted octanol–water partition coefficient (Wildman–Crippen LogP) is 1.99. The van der Waals surface area contributed by atoms with E-state index in [2.05, 4.69) is 20.2 Å². The van der Waals surface area contributed by atoms with E-state index in [4.69, 9.17) is 9.47 Å². The summed E-state index contributed by atoms with van der Waals surface area (Å²) in [5.74, 6) is 2.05. The van der Waals surface area contributed by atoms with Gasteiger partial charge in [-0.1, -0.05) is 17.8 Å². The highest BCUT2D eigenvalue weighted by atomic mass is 32.2. The number of carbonyl (C=O) groups is 1. The molecule has 10 nitrogen and oxygen atoms in total. The molecule has 168 valence electrons. The third-order valence-corrected chi connectivity index (χ3v) is 6.17. The number of amides is 1. The Morgan fingerprint density at radius 1 is 1.12 bits per heavy atom. The van der Waals surface area contributed by atoms with Crippen molar-refractivity contribution in [3.8, 4) is 22.9 Å². The largest absolute Gasteiger partial charge is 0.454 e. The molecule has 0 saturated heterocycles. The van der Waals surface area contributed by atoms with Crippen molar-refractivity contribution in [2.24, 2.45) is 7.05 Å². The lowest BCUT2D eigenvalue weighted by atomic mass is 10.2. The van der Waals surface area contributed by atoms with Gasteiger partial charge in [0, 0.05) is 24.8 Å². The number of carbonyl (C=O) groups excluding carboxylic acids is 1. The van der Waals surface area contributed by atoms with Gasteiger partial charge < -0.3 is 19.4 Å². The van der Waals surface area contributed by atoms with Gasteiger partial charge in [0.15, 0.2) is 22.5 Å². The second-order valence-corrected chi connectivity index (χ2v) is 9.76. The van der Waals surface area contributed by atoms with E-state index in [0.717, 1.165) is 17.4 Å². The molecular weight excluding hydrogens is 454 g/mol. The van der Waals surface area contributed by atoms with Gasteiger partial charge in [0.1, 0.15) is 0 Å². The normalized spacial score (nSPS) is 12.6. The number of aromatic nitrogens is 3. The van der Waals surface area contributed by atoms with E-state index in [-0.39, 0.29) is 18.5 Å². The Bertz CT molecular complexity index is 1240. The van der Waals surface area contributed by atoms with E-state index < -0.39 is 10.0 Å². The molecule has 0 unspecified atom stereocenters. The Morgan fingerprint density at radius 3 is 2.62 bits per heavy atom. The maximum atomic E-state index is 12.3. The molecule has 0 spiro atoms. The molecular formula is C20H21N5O5S2. The predicted molar refractivity (Wildman–Crippen MR) is 120 cm³/mol. The van der Waals surface area contributed by atoms with Crippen molar-refractivity contribution in [3.05, 3.63) is 48.0 Å². The van der Waals surface area contributed by atoms with Crippen molar-refractivity contribution in [1.82, 2.24) is 20.1 Å². The van der Waals surface area contributed by atoms with Crippen LogP contribution in [0.25, 0.3) is 11.4 Å². The fourth-order valence-corrected chi connectivity index (χ4v) is 4.33. The Morgan fingerprint density at radius 2 is 1.88 bits per heavy atom. The monoisotopic (exact) mass is 475 g/mol. The fourth-order valence-electron chi connectivity index (χ4n) is 3.03. The van der Waals surface area contributed by atoms with Gasteiger partial charge in [0.2, 0.25) is 22.7 Å². The molecule has 0 bridgehead atoms. The first-order valence-corrected chi connectivity index (χ1v) is 12.4. The van der Waals surface area contributed by atoms with Gasteiger partial charge in [-0.3, -0.25) is 9.52 Å². The molecule has 0 fully saturated rings. The van der Waals surface area contributed by atoms with E-state index in [9.17, 15) is 13.2 Å². The summed E-state index contributed by atoms with van der Waals surface area (Å²) in [4.78, 5) is 12.3. The van der Waals surface area contributed by atoms with Gasteiger partial charge in [0.05, 0.1) is 12.0 Å². The van der Waals surface area contributed by atoms with E-state index in [0.29, 0.717) is 34.7 Å². The molecule has 4 rings (SSSR count). The number of nitrogens with one attached hydrogen (secondary N) is 2. The van der Waals surface area contributed by atoms with Crippen molar-refractivity contribution in [3.63, 3.8) is 0 Å². The summed E-state index contributed by atoms with van der Waals surface area (Å²) in [6.07, 6.45) is 1.10. The number of rotatable bonds is 8. The van der Waals surface area contributed by atoms with Crippen LogP contribution in [0.1, 0.15) is 5.56 Å². The number of sulfonamides is 1. The molecule has 2 N–H and O–H groups in total. The lowest BCUT2D eigenvalue weighted by Gasteiger charge is -2.07. The Balaban J connectivity index is 1.32. The third-order valence-electron chi connectivity index (χ3n) is 4.54. The molecule has 1 aliphatic rings. The minimum absolute atomic E-state index is 0.131. The zero-order valence-corrected chi connectivity index (χ0v) is 19.0. The maximum absolute atomic E-state index is 12.3. The van der Waals surface area contributed by atoms with Crippen molar-refractivity contribution in [2.75, 3.05) is 23.5 Å². The zero-order valence-electron chi connectivity index (χ0n) is 17.4. The third kappa shape index (κ3) is 5.32. The van der Waals surface area contributed by atoms with Crippen LogP contribution in [-0.2, 0) is 28.4 Å². The van der Waals surface area contributed by atoms with Gasteiger partial charge in [-0.15, -0.1) is 10.2 Å². The summed E-state index contributed by atoms with van der Waals surface area (Å²) in [5.41, 5.74) is 2.16. The van der Waals surface area contributed by atoms with Crippen LogP contribution in [0.4, 0.5) is 5.69 Å². The molecule has 1 aliphatic heterocycles. The molecule has 0 aliphatic carbocycles. The van der Waals surface area contributed by atoms with Crippen LogP contribution in [-0.4, -0.2) is 47.9 Å². The number of thioether (sulfide) groups is 1. The average molecular weight is 476 g/mol. The first-order chi connectivity index (χ1) is 15.3. The van der Waals surface area contributed by atoms with Crippen LogP contribution >= 0.6 is 11.8 Å². The molecule has 0 radical (unpaired) electrons. The first-order valence-electron chi connectivity index (χ1n) is 9.54. The Labute approximate surface area is 189 Å². The highest BCUT2D eigenvalue weighted by Gasteiger charge is 2.15. The highest BCUT2D eigenvalue weighted by Crippen LogP contribution is 2.32. The SMILES string of the molecule is Cn1c(SCC(=O)NCc2ccc3c(c2)OCO3)nnc1-c1ccc(NS(C)(=O)=O)cc1. The van der Waals surface area contributed by atoms with Gasteiger partial charge in [-0.25, -0.2) is 8.42 Å². The van der Waals surface area contributed by atoms with Gasteiger partial charge in [-0.05, 0) is 42.0 Å².